The molecule has 0 amide bonds. The van der Waals surface area contributed by atoms with Crippen LogP contribution in [-0.2, 0) is 28.4 Å². The first kappa shape index (κ1) is 15.8. The minimum Gasteiger partial charge on any atom is -0.263 e. The molecule has 102 valence electrons. The van der Waals surface area contributed by atoms with Crippen LogP contribution in [-0.4, -0.2) is 18.2 Å². The Kier molecular flexibility index (Phi) is 5.52. The van der Waals surface area contributed by atoms with Crippen molar-refractivity contribution in [3.63, 3.8) is 0 Å². The van der Waals surface area contributed by atoms with E-state index in [1.807, 2.05) is 13.8 Å². The summed E-state index contributed by atoms with van der Waals surface area (Å²) in [5.41, 5.74) is 2.21. The molecule has 0 atom stereocenters. The molecule has 1 heterocycles. The van der Waals surface area contributed by atoms with Crippen molar-refractivity contribution in [1.82, 2.24) is 9.78 Å². The summed E-state index contributed by atoms with van der Waals surface area (Å²) in [5, 5.41) is 4.59. The van der Waals surface area contributed by atoms with Crippen molar-refractivity contribution in [2.24, 2.45) is 0 Å². The Balaban J connectivity index is 3.43. The molecule has 0 bridgehead atoms. The molecule has 0 saturated heterocycles. The number of rotatable bonds is 5. The highest BCUT2D eigenvalue weighted by Crippen LogP contribution is 2.26. The molecular formula is C10H13Cl3N2O2S. The summed E-state index contributed by atoms with van der Waals surface area (Å²) in [6.07, 6.45) is 0.963. The molecule has 1 rings (SSSR count). The van der Waals surface area contributed by atoms with Gasteiger partial charge in [0, 0.05) is 16.2 Å². The van der Waals surface area contributed by atoms with Gasteiger partial charge in [0.05, 0.1) is 23.0 Å². The van der Waals surface area contributed by atoms with Gasteiger partial charge in [0.2, 0.25) is 0 Å². The maximum atomic E-state index is 11.6. The third-order valence-electron chi connectivity index (χ3n) is 2.41. The summed E-state index contributed by atoms with van der Waals surface area (Å²) < 4.78 is 24.7. The number of allylic oxidation sites excluding steroid dienone is 1. The minimum absolute atomic E-state index is 0.0909. The predicted molar refractivity (Wildman–Crippen MR) is 73.8 cm³/mol. The smallest absolute Gasteiger partial charge is 0.263 e. The maximum absolute atomic E-state index is 11.6. The highest BCUT2D eigenvalue weighted by atomic mass is 35.7. The topological polar surface area (TPSA) is 52.0 Å². The molecule has 0 aliphatic carbocycles. The standard InChI is InChI=1S/C10H13Cl3N2O2S/c1-3-8-10(18(13,16)17)9(4-2)15(14-8)6-7(12)5-11/h5H,3-4,6H2,1-2H3. The molecule has 0 aliphatic rings. The van der Waals surface area contributed by atoms with E-state index in [1.54, 1.807) is 0 Å². The van der Waals surface area contributed by atoms with Crippen LogP contribution in [0.15, 0.2) is 15.5 Å². The zero-order valence-corrected chi connectivity index (χ0v) is 13.0. The fraction of sp³-hybridized carbons (Fsp3) is 0.500. The average Bonchev–Trinajstić information content (AvgIpc) is 2.66. The summed E-state index contributed by atoms with van der Waals surface area (Å²) in [4.78, 5) is 0.0909. The van der Waals surface area contributed by atoms with Gasteiger partial charge < -0.3 is 0 Å². The van der Waals surface area contributed by atoms with Gasteiger partial charge in [0.15, 0.2) is 0 Å². The minimum atomic E-state index is -3.82. The number of halogens is 3. The van der Waals surface area contributed by atoms with Gasteiger partial charge in [-0.25, -0.2) is 8.42 Å². The van der Waals surface area contributed by atoms with Gasteiger partial charge in [-0.2, -0.15) is 5.10 Å². The van der Waals surface area contributed by atoms with Gasteiger partial charge in [0.25, 0.3) is 9.05 Å². The van der Waals surface area contributed by atoms with Crippen LogP contribution in [0, 0.1) is 0 Å². The van der Waals surface area contributed by atoms with Crippen molar-refractivity contribution in [3.05, 3.63) is 22.0 Å². The highest BCUT2D eigenvalue weighted by molar-refractivity contribution is 8.13. The molecule has 8 heteroatoms. The zero-order chi connectivity index (χ0) is 13.9. The van der Waals surface area contributed by atoms with Crippen molar-refractivity contribution in [2.45, 2.75) is 38.1 Å². The number of aryl methyl sites for hydroxylation is 1. The van der Waals surface area contributed by atoms with Crippen molar-refractivity contribution < 1.29 is 8.42 Å². The lowest BCUT2D eigenvalue weighted by atomic mass is 10.2. The third kappa shape index (κ3) is 3.41. The molecular weight excluding hydrogens is 319 g/mol. The van der Waals surface area contributed by atoms with Crippen LogP contribution < -0.4 is 0 Å². The molecule has 18 heavy (non-hydrogen) atoms. The first-order valence-electron chi connectivity index (χ1n) is 5.33. The average molecular weight is 332 g/mol. The Morgan fingerprint density at radius 3 is 2.39 bits per heavy atom. The molecule has 0 radical (unpaired) electrons. The van der Waals surface area contributed by atoms with Crippen molar-refractivity contribution in [2.75, 3.05) is 0 Å². The van der Waals surface area contributed by atoms with Crippen LogP contribution in [0.25, 0.3) is 0 Å². The lowest BCUT2D eigenvalue weighted by Crippen LogP contribution is -2.06. The van der Waals surface area contributed by atoms with E-state index in [2.05, 4.69) is 5.10 Å². The van der Waals surface area contributed by atoms with Gasteiger partial charge in [0.1, 0.15) is 4.90 Å². The quantitative estimate of drug-likeness (QED) is 0.778. The fourth-order valence-electron chi connectivity index (χ4n) is 1.70. The van der Waals surface area contributed by atoms with Gasteiger partial charge >= 0.3 is 0 Å². The van der Waals surface area contributed by atoms with E-state index in [1.165, 1.54) is 10.2 Å². The first-order valence-corrected chi connectivity index (χ1v) is 8.45. The molecule has 0 aromatic carbocycles. The van der Waals surface area contributed by atoms with Gasteiger partial charge in [-0.1, -0.05) is 37.0 Å². The largest absolute Gasteiger partial charge is 0.264 e. The molecule has 1 aromatic rings. The van der Waals surface area contributed by atoms with Crippen LogP contribution in [0.3, 0.4) is 0 Å². The van der Waals surface area contributed by atoms with Crippen molar-refractivity contribution in [3.8, 4) is 0 Å². The van der Waals surface area contributed by atoms with E-state index < -0.39 is 9.05 Å². The second-order valence-electron chi connectivity index (χ2n) is 3.58. The molecule has 0 saturated carbocycles. The van der Waals surface area contributed by atoms with E-state index in [4.69, 9.17) is 33.9 Å². The molecule has 4 nitrogen and oxygen atoms in total. The van der Waals surface area contributed by atoms with Gasteiger partial charge in [-0.15, -0.1) is 0 Å². The Labute approximate surface area is 121 Å². The maximum Gasteiger partial charge on any atom is 0.264 e. The Morgan fingerprint density at radius 2 is 2.00 bits per heavy atom. The Morgan fingerprint density at radius 1 is 1.39 bits per heavy atom. The first-order chi connectivity index (χ1) is 8.35. The molecule has 1 aromatic heterocycles. The van der Waals surface area contributed by atoms with Crippen LogP contribution >= 0.6 is 33.9 Å². The molecule has 0 aliphatic heterocycles. The number of aromatic nitrogens is 2. The summed E-state index contributed by atoms with van der Waals surface area (Å²) in [6.45, 7) is 3.88. The van der Waals surface area contributed by atoms with Crippen LogP contribution in [0.1, 0.15) is 25.2 Å². The molecule has 0 spiro atoms. The van der Waals surface area contributed by atoms with E-state index in [-0.39, 0.29) is 11.4 Å². The van der Waals surface area contributed by atoms with Crippen LogP contribution in [0.5, 0.6) is 0 Å². The predicted octanol–water partition coefficient (Wildman–Crippen LogP) is 3.25. The Hall–Kier alpha value is -0.230. The van der Waals surface area contributed by atoms with E-state index in [9.17, 15) is 8.42 Å². The zero-order valence-electron chi connectivity index (χ0n) is 9.95. The summed E-state index contributed by atoms with van der Waals surface area (Å²) >= 11 is 11.3. The molecule has 0 unspecified atom stereocenters. The number of nitrogens with zero attached hydrogens (tertiary/aromatic N) is 2. The SMILES string of the molecule is CCc1nn(CC(Cl)=CCl)c(CC)c1S(=O)(=O)Cl. The monoisotopic (exact) mass is 330 g/mol. The Bertz CT molecular complexity index is 564. The van der Waals surface area contributed by atoms with E-state index >= 15 is 0 Å². The van der Waals surface area contributed by atoms with Crippen molar-refractivity contribution in [1.29, 1.82) is 0 Å². The normalized spacial score (nSPS) is 13.1. The van der Waals surface area contributed by atoms with E-state index in [0.29, 0.717) is 29.3 Å². The van der Waals surface area contributed by atoms with Crippen molar-refractivity contribution >= 4 is 42.9 Å². The molecule has 0 N–H and O–H groups in total. The lowest BCUT2D eigenvalue weighted by Gasteiger charge is -2.05. The second-order valence-corrected chi connectivity index (χ2v) is 6.79. The summed E-state index contributed by atoms with van der Waals surface area (Å²) in [5.74, 6) is 0. The third-order valence-corrected chi connectivity index (χ3v) is 4.44. The lowest BCUT2D eigenvalue weighted by molar-refractivity contribution is 0.605. The van der Waals surface area contributed by atoms with Crippen LogP contribution in [0.2, 0.25) is 0 Å². The van der Waals surface area contributed by atoms with Gasteiger partial charge in [-0.05, 0) is 12.8 Å². The summed E-state index contributed by atoms with van der Waals surface area (Å²) in [6, 6.07) is 0. The van der Waals surface area contributed by atoms with E-state index in [0.717, 1.165) is 0 Å². The number of hydrogen-bond acceptors (Lipinski definition) is 3. The number of hydrogen-bond donors (Lipinski definition) is 0. The molecule has 0 fully saturated rings. The highest BCUT2D eigenvalue weighted by Gasteiger charge is 2.25. The second kappa shape index (κ2) is 6.28. The summed E-state index contributed by atoms with van der Waals surface area (Å²) in [7, 11) is 1.64. The fourth-order valence-corrected chi connectivity index (χ4v) is 3.41. The van der Waals surface area contributed by atoms with Crippen LogP contribution in [0.4, 0.5) is 0 Å². The van der Waals surface area contributed by atoms with Gasteiger partial charge in [-0.3, -0.25) is 4.68 Å².